The number of benzene rings is 2. The molecule has 0 saturated carbocycles. The van der Waals surface area contributed by atoms with E-state index < -0.39 is 11.6 Å². The Bertz CT molecular complexity index is 1180. The first-order valence-corrected chi connectivity index (χ1v) is 11.4. The van der Waals surface area contributed by atoms with Gasteiger partial charge in [0.2, 0.25) is 0 Å². The highest BCUT2D eigenvalue weighted by molar-refractivity contribution is 7.27. The molecule has 1 atom stereocenters. The molecule has 1 saturated heterocycles. The maximum atomic E-state index is 14.7. The van der Waals surface area contributed by atoms with Crippen molar-refractivity contribution < 1.29 is 18.3 Å². The highest BCUT2D eigenvalue weighted by atomic mass is 31.0. The number of hydrogen-bond donors (Lipinski definition) is 1. The molecule has 4 rings (SSSR count). The quantitative estimate of drug-likeness (QED) is 0.549. The number of halogens is 2. The van der Waals surface area contributed by atoms with Crippen LogP contribution in [-0.4, -0.2) is 37.2 Å². The first-order chi connectivity index (χ1) is 15.8. The number of morpholine rings is 1. The van der Waals surface area contributed by atoms with E-state index in [0.717, 1.165) is 29.1 Å². The van der Waals surface area contributed by atoms with E-state index in [1.807, 2.05) is 17.0 Å². The summed E-state index contributed by atoms with van der Waals surface area (Å²) < 4.78 is 34.2. The molecule has 1 aliphatic rings. The van der Waals surface area contributed by atoms with Crippen molar-refractivity contribution in [1.82, 2.24) is 4.98 Å². The van der Waals surface area contributed by atoms with Gasteiger partial charge in [0.15, 0.2) is 5.82 Å². The van der Waals surface area contributed by atoms with Gasteiger partial charge in [0.1, 0.15) is 11.6 Å². The van der Waals surface area contributed by atoms with E-state index in [1.54, 1.807) is 18.3 Å². The van der Waals surface area contributed by atoms with Crippen LogP contribution in [0.4, 0.5) is 20.3 Å². The predicted molar refractivity (Wildman–Crippen MR) is 130 cm³/mol. The van der Waals surface area contributed by atoms with Crippen molar-refractivity contribution in [3.63, 3.8) is 0 Å². The number of aromatic nitrogens is 1. The van der Waals surface area contributed by atoms with Crippen LogP contribution in [0.2, 0.25) is 0 Å². The lowest BCUT2D eigenvalue weighted by Gasteiger charge is -2.30. The number of hydrogen-bond acceptors (Lipinski definition) is 4. The molecule has 3 aromatic rings. The number of nitrogens with zero attached hydrogens (tertiary/aromatic N) is 2. The molecular formula is C25H26F2N3O2P. The van der Waals surface area contributed by atoms with E-state index >= 15 is 0 Å². The molecular weight excluding hydrogens is 443 g/mol. The predicted octanol–water partition coefficient (Wildman–Crippen LogP) is 4.74. The van der Waals surface area contributed by atoms with Crippen molar-refractivity contribution in [1.29, 1.82) is 0 Å². The molecule has 1 aliphatic heterocycles. The Hall–Kier alpha value is -2.89. The minimum Gasteiger partial charge on any atom is -0.378 e. The Labute approximate surface area is 194 Å². The molecule has 1 fully saturated rings. The van der Waals surface area contributed by atoms with Crippen LogP contribution < -0.4 is 15.5 Å². The minimum absolute atomic E-state index is 0.0588. The van der Waals surface area contributed by atoms with E-state index in [2.05, 4.69) is 33.4 Å². The van der Waals surface area contributed by atoms with Crippen molar-refractivity contribution >= 4 is 32.0 Å². The third kappa shape index (κ3) is 5.05. The summed E-state index contributed by atoms with van der Waals surface area (Å²) in [4.78, 5) is 19.8. The summed E-state index contributed by atoms with van der Waals surface area (Å²) in [5.74, 6) is -0.674. The van der Waals surface area contributed by atoms with Gasteiger partial charge in [-0.05, 0) is 47.1 Å². The number of ether oxygens (including phenoxy) is 1. The molecule has 0 aliphatic carbocycles. The molecule has 2 heterocycles. The van der Waals surface area contributed by atoms with Crippen molar-refractivity contribution in [2.24, 2.45) is 0 Å². The largest absolute Gasteiger partial charge is 0.378 e. The van der Waals surface area contributed by atoms with Gasteiger partial charge in [-0.3, -0.25) is 4.79 Å². The molecule has 1 amide bonds. The third-order valence-electron chi connectivity index (χ3n) is 5.69. The van der Waals surface area contributed by atoms with Gasteiger partial charge < -0.3 is 15.0 Å². The summed E-state index contributed by atoms with van der Waals surface area (Å²) in [6, 6.07) is 10.5. The third-order valence-corrected chi connectivity index (χ3v) is 6.16. The maximum Gasteiger partial charge on any atom is 0.256 e. The number of amides is 1. The lowest BCUT2D eigenvalue weighted by atomic mass is 10.0. The van der Waals surface area contributed by atoms with Crippen LogP contribution in [-0.2, 0) is 4.74 Å². The van der Waals surface area contributed by atoms with Crippen molar-refractivity contribution in [2.45, 2.75) is 19.8 Å². The zero-order valence-electron chi connectivity index (χ0n) is 18.6. The van der Waals surface area contributed by atoms with E-state index in [1.165, 1.54) is 0 Å². The number of carbonyl (C=O) groups is 1. The first kappa shape index (κ1) is 23.3. The second kappa shape index (κ2) is 9.94. The summed E-state index contributed by atoms with van der Waals surface area (Å²) in [7, 11) is 2.60. The van der Waals surface area contributed by atoms with E-state index in [-0.39, 0.29) is 11.5 Å². The number of pyridine rings is 1. The van der Waals surface area contributed by atoms with Crippen LogP contribution in [0.3, 0.4) is 0 Å². The Kier molecular flexibility index (Phi) is 7.01. The Morgan fingerprint density at radius 3 is 2.55 bits per heavy atom. The first-order valence-electron chi connectivity index (χ1n) is 10.8. The number of carbonyl (C=O) groups excluding carboxylic acids is 1. The van der Waals surface area contributed by atoms with Gasteiger partial charge in [-0.25, -0.2) is 13.8 Å². The smallest absolute Gasteiger partial charge is 0.256 e. The zero-order valence-corrected chi connectivity index (χ0v) is 19.7. The van der Waals surface area contributed by atoms with Gasteiger partial charge in [0.25, 0.3) is 5.91 Å². The van der Waals surface area contributed by atoms with Gasteiger partial charge in [0.05, 0.1) is 18.9 Å². The summed E-state index contributed by atoms with van der Waals surface area (Å²) in [5.41, 5.74) is 2.36. The topological polar surface area (TPSA) is 54.5 Å². The average Bonchev–Trinajstić information content (AvgIpc) is 2.81. The van der Waals surface area contributed by atoms with Gasteiger partial charge in [-0.15, -0.1) is 9.24 Å². The van der Waals surface area contributed by atoms with Crippen LogP contribution in [0.25, 0.3) is 11.1 Å². The fourth-order valence-electron chi connectivity index (χ4n) is 3.85. The summed E-state index contributed by atoms with van der Waals surface area (Å²) in [6.07, 6.45) is 1.54. The summed E-state index contributed by atoms with van der Waals surface area (Å²) >= 11 is 0. The fourth-order valence-corrected chi connectivity index (χ4v) is 4.26. The van der Waals surface area contributed by atoms with Crippen molar-refractivity contribution in [2.75, 3.05) is 36.5 Å². The van der Waals surface area contributed by atoms with Crippen LogP contribution in [0, 0.1) is 11.6 Å². The Balaban J connectivity index is 1.79. The van der Waals surface area contributed by atoms with E-state index in [0.29, 0.717) is 54.9 Å². The van der Waals surface area contributed by atoms with Crippen molar-refractivity contribution in [3.8, 4) is 11.1 Å². The number of rotatable bonds is 5. The van der Waals surface area contributed by atoms with Gasteiger partial charge in [-0.2, -0.15) is 0 Å². The molecule has 2 aromatic carbocycles. The van der Waals surface area contributed by atoms with Crippen LogP contribution in [0.5, 0.6) is 0 Å². The molecule has 1 N–H and O–H groups in total. The van der Waals surface area contributed by atoms with Gasteiger partial charge in [-0.1, -0.05) is 26.0 Å². The average molecular weight is 469 g/mol. The molecule has 5 nitrogen and oxygen atoms in total. The Morgan fingerprint density at radius 2 is 1.85 bits per heavy atom. The van der Waals surface area contributed by atoms with E-state index in [4.69, 9.17) is 4.74 Å². The molecule has 0 spiro atoms. The standard InChI is InChI=1S/C25H26F2N3O2P/c1-15(2)16-3-5-19(22(33)13-16)25(31)29-23-18(20-14-17(26)4-6-21(20)27)7-8-28-24(23)30-9-11-32-12-10-30/h3-8,13-15H,9-12,33H2,1-2H3,(H,29,31). The monoisotopic (exact) mass is 469 g/mol. The molecule has 172 valence electrons. The lowest BCUT2D eigenvalue weighted by Crippen LogP contribution is -2.37. The SMILES string of the molecule is CC(C)c1ccc(C(=O)Nc2c(-c3cc(F)ccc3F)ccnc2N2CCOCC2)c(P)c1. The molecule has 33 heavy (non-hydrogen) atoms. The fraction of sp³-hybridized carbons (Fsp3) is 0.280. The molecule has 1 unspecified atom stereocenters. The minimum atomic E-state index is -0.584. The number of nitrogens with one attached hydrogen (secondary N) is 1. The second-order valence-corrected chi connectivity index (χ2v) is 8.86. The van der Waals surface area contributed by atoms with Gasteiger partial charge >= 0.3 is 0 Å². The molecule has 0 radical (unpaired) electrons. The molecule has 1 aromatic heterocycles. The zero-order chi connectivity index (χ0) is 23.5. The maximum absolute atomic E-state index is 14.7. The summed E-state index contributed by atoms with van der Waals surface area (Å²) in [5, 5.41) is 3.70. The summed E-state index contributed by atoms with van der Waals surface area (Å²) in [6.45, 7) is 6.35. The number of anilines is 2. The lowest BCUT2D eigenvalue weighted by molar-refractivity contribution is 0.102. The second-order valence-electron chi connectivity index (χ2n) is 8.24. The highest BCUT2D eigenvalue weighted by Gasteiger charge is 2.23. The van der Waals surface area contributed by atoms with Crippen LogP contribution in [0.15, 0.2) is 48.7 Å². The van der Waals surface area contributed by atoms with Crippen LogP contribution >= 0.6 is 9.24 Å². The van der Waals surface area contributed by atoms with E-state index in [9.17, 15) is 13.6 Å². The van der Waals surface area contributed by atoms with Crippen molar-refractivity contribution in [3.05, 3.63) is 71.4 Å². The Morgan fingerprint density at radius 1 is 1.09 bits per heavy atom. The molecule has 0 bridgehead atoms. The highest BCUT2D eigenvalue weighted by Crippen LogP contribution is 2.37. The normalized spacial score (nSPS) is 13.9. The van der Waals surface area contributed by atoms with Crippen LogP contribution in [0.1, 0.15) is 35.7 Å². The van der Waals surface area contributed by atoms with Gasteiger partial charge in [0, 0.05) is 36.0 Å². The molecule has 8 heteroatoms.